The Morgan fingerprint density at radius 1 is 1.32 bits per heavy atom. The summed E-state index contributed by atoms with van der Waals surface area (Å²) in [5.74, 6) is 1.28. The molecule has 1 amide bonds. The van der Waals surface area contributed by atoms with Gasteiger partial charge in [0, 0.05) is 11.0 Å². The molecular weight excluding hydrogens is 356 g/mol. The van der Waals surface area contributed by atoms with Crippen LogP contribution in [0.2, 0.25) is 0 Å². The summed E-state index contributed by atoms with van der Waals surface area (Å²) in [6, 6.07) is 3.76. The molecule has 3 rings (SSSR count). The molecule has 2 aromatic rings. The minimum absolute atomic E-state index is 0.121. The fourth-order valence-corrected chi connectivity index (χ4v) is 4.17. The molecular formula is C18H22N2O3S2. The van der Waals surface area contributed by atoms with E-state index >= 15 is 0 Å². The van der Waals surface area contributed by atoms with E-state index in [0.29, 0.717) is 23.8 Å². The molecule has 1 N–H and O–H groups in total. The summed E-state index contributed by atoms with van der Waals surface area (Å²) in [6.45, 7) is 5.11. The van der Waals surface area contributed by atoms with Crippen molar-refractivity contribution in [2.75, 3.05) is 24.8 Å². The minimum Gasteiger partial charge on any atom is -0.486 e. The average molecular weight is 379 g/mol. The van der Waals surface area contributed by atoms with Crippen LogP contribution in [0.25, 0.3) is 0 Å². The van der Waals surface area contributed by atoms with E-state index < -0.39 is 0 Å². The van der Waals surface area contributed by atoms with Crippen molar-refractivity contribution in [1.29, 1.82) is 0 Å². The van der Waals surface area contributed by atoms with Gasteiger partial charge in [-0.05, 0) is 32.1 Å². The topological polar surface area (TPSA) is 60.5 Å². The lowest BCUT2D eigenvalue weighted by Gasteiger charge is -2.20. The van der Waals surface area contributed by atoms with Gasteiger partial charge in [-0.3, -0.25) is 4.79 Å². The van der Waals surface area contributed by atoms with E-state index in [0.717, 1.165) is 46.3 Å². The first-order chi connectivity index (χ1) is 12.1. The third-order valence-corrected chi connectivity index (χ3v) is 5.90. The van der Waals surface area contributed by atoms with Crippen LogP contribution in [0.4, 0.5) is 5.69 Å². The molecule has 7 heteroatoms. The zero-order chi connectivity index (χ0) is 17.8. The van der Waals surface area contributed by atoms with Crippen LogP contribution in [0.1, 0.15) is 40.1 Å². The number of benzene rings is 1. The number of hydrogen-bond acceptors (Lipinski definition) is 6. The number of carbonyl (C=O) groups is 1. The summed E-state index contributed by atoms with van der Waals surface area (Å²) in [5, 5.41) is 4.04. The van der Waals surface area contributed by atoms with E-state index in [1.165, 1.54) is 11.3 Å². The highest BCUT2D eigenvalue weighted by atomic mass is 32.2. The minimum atomic E-state index is -0.121. The largest absolute Gasteiger partial charge is 0.486 e. The van der Waals surface area contributed by atoms with Gasteiger partial charge >= 0.3 is 0 Å². The van der Waals surface area contributed by atoms with Gasteiger partial charge in [0.2, 0.25) is 0 Å². The maximum absolute atomic E-state index is 12.7. The highest BCUT2D eigenvalue weighted by molar-refractivity contribution is 7.98. The van der Waals surface area contributed by atoms with Gasteiger partial charge in [-0.15, -0.1) is 23.1 Å². The standard InChI is InChI=1S/C18H22N2O3S2/c1-4-5-6-16-19-11(2)17(25-16)18(21)20-12-9-13-14(10-15(12)24-3)23-8-7-22-13/h9-10H,4-8H2,1-3H3,(H,20,21). The Morgan fingerprint density at radius 3 is 2.72 bits per heavy atom. The molecule has 0 bridgehead atoms. The first-order valence-electron chi connectivity index (χ1n) is 8.37. The van der Waals surface area contributed by atoms with Crippen LogP contribution < -0.4 is 14.8 Å². The summed E-state index contributed by atoms with van der Waals surface area (Å²) in [6.07, 6.45) is 5.11. The number of nitrogens with one attached hydrogen (secondary N) is 1. The van der Waals surface area contributed by atoms with Gasteiger partial charge in [0.1, 0.15) is 18.1 Å². The number of aryl methyl sites for hydroxylation is 2. The number of thioether (sulfide) groups is 1. The zero-order valence-corrected chi connectivity index (χ0v) is 16.3. The Bertz CT molecular complexity index is 774. The third-order valence-electron chi connectivity index (χ3n) is 3.90. The van der Waals surface area contributed by atoms with Crippen LogP contribution in [0.3, 0.4) is 0 Å². The molecule has 1 aliphatic rings. The van der Waals surface area contributed by atoms with Crippen molar-refractivity contribution in [3.8, 4) is 11.5 Å². The van der Waals surface area contributed by atoms with E-state index in [9.17, 15) is 4.79 Å². The number of anilines is 1. The van der Waals surface area contributed by atoms with Crippen molar-refractivity contribution in [3.05, 3.63) is 27.7 Å². The lowest BCUT2D eigenvalue weighted by atomic mass is 10.2. The van der Waals surface area contributed by atoms with E-state index in [1.807, 2.05) is 25.3 Å². The quantitative estimate of drug-likeness (QED) is 0.748. The van der Waals surface area contributed by atoms with E-state index in [1.54, 1.807) is 11.8 Å². The van der Waals surface area contributed by atoms with Crippen LogP contribution in [-0.2, 0) is 6.42 Å². The number of thiazole rings is 1. The molecule has 0 atom stereocenters. The summed E-state index contributed by atoms with van der Waals surface area (Å²) in [7, 11) is 0. The second-order valence-electron chi connectivity index (χ2n) is 5.78. The molecule has 0 aliphatic carbocycles. The van der Waals surface area contributed by atoms with Gasteiger partial charge in [0.05, 0.1) is 16.4 Å². The van der Waals surface area contributed by atoms with Gasteiger partial charge in [-0.2, -0.15) is 0 Å². The van der Waals surface area contributed by atoms with Crippen molar-refractivity contribution in [3.63, 3.8) is 0 Å². The van der Waals surface area contributed by atoms with Crippen LogP contribution >= 0.6 is 23.1 Å². The Morgan fingerprint density at radius 2 is 2.04 bits per heavy atom. The van der Waals surface area contributed by atoms with Gasteiger partial charge in [-0.25, -0.2) is 4.98 Å². The molecule has 2 heterocycles. The number of unbranched alkanes of at least 4 members (excludes halogenated alkanes) is 1. The van der Waals surface area contributed by atoms with Crippen molar-refractivity contribution < 1.29 is 14.3 Å². The van der Waals surface area contributed by atoms with E-state index in [4.69, 9.17) is 9.47 Å². The second kappa shape index (κ2) is 8.10. The number of carbonyl (C=O) groups excluding carboxylic acids is 1. The first-order valence-corrected chi connectivity index (χ1v) is 10.4. The van der Waals surface area contributed by atoms with Crippen LogP contribution in [0.15, 0.2) is 17.0 Å². The van der Waals surface area contributed by atoms with Crippen molar-refractivity contribution in [2.45, 2.75) is 38.0 Å². The fourth-order valence-electron chi connectivity index (χ4n) is 2.61. The zero-order valence-electron chi connectivity index (χ0n) is 14.7. The maximum Gasteiger partial charge on any atom is 0.267 e. The molecule has 25 heavy (non-hydrogen) atoms. The smallest absolute Gasteiger partial charge is 0.267 e. The van der Waals surface area contributed by atoms with Crippen molar-refractivity contribution in [1.82, 2.24) is 4.98 Å². The summed E-state index contributed by atoms with van der Waals surface area (Å²) in [5.41, 5.74) is 1.53. The van der Waals surface area contributed by atoms with Gasteiger partial charge in [-0.1, -0.05) is 13.3 Å². The molecule has 0 fully saturated rings. The van der Waals surface area contributed by atoms with E-state index in [2.05, 4.69) is 17.2 Å². The lowest BCUT2D eigenvalue weighted by molar-refractivity contribution is 0.102. The van der Waals surface area contributed by atoms with Gasteiger partial charge in [0.15, 0.2) is 11.5 Å². The van der Waals surface area contributed by atoms with Crippen molar-refractivity contribution >= 4 is 34.7 Å². The molecule has 0 saturated carbocycles. The average Bonchev–Trinajstić information content (AvgIpc) is 3.00. The van der Waals surface area contributed by atoms with Gasteiger partial charge in [0.25, 0.3) is 5.91 Å². The lowest BCUT2D eigenvalue weighted by Crippen LogP contribution is -2.17. The predicted molar refractivity (Wildman–Crippen MR) is 103 cm³/mol. The second-order valence-corrected chi connectivity index (χ2v) is 7.71. The molecule has 1 aromatic carbocycles. The maximum atomic E-state index is 12.7. The van der Waals surface area contributed by atoms with Gasteiger partial charge < -0.3 is 14.8 Å². The monoisotopic (exact) mass is 378 g/mol. The predicted octanol–water partition coefficient (Wildman–Crippen LogP) is 4.54. The summed E-state index contributed by atoms with van der Waals surface area (Å²) >= 11 is 3.05. The highest BCUT2D eigenvalue weighted by Gasteiger charge is 2.20. The molecule has 1 aliphatic heterocycles. The Labute approximate surface area is 156 Å². The molecule has 134 valence electrons. The van der Waals surface area contributed by atoms with Crippen molar-refractivity contribution in [2.24, 2.45) is 0 Å². The molecule has 0 saturated heterocycles. The van der Waals surface area contributed by atoms with E-state index in [-0.39, 0.29) is 5.91 Å². The van der Waals surface area contributed by atoms with Crippen LogP contribution in [-0.4, -0.2) is 30.4 Å². The number of ether oxygens (including phenoxy) is 2. The number of aromatic nitrogens is 1. The number of rotatable bonds is 6. The Balaban J connectivity index is 1.82. The third kappa shape index (κ3) is 4.10. The number of nitrogens with zero attached hydrogens (tertiary/aromatic N) is 1. The number of hydrogen-bond donors (Lipinski definition) is 1. The molecule has 0 radical (unpaired) electrons. The number of amides is 1. The molecule has 5 nitrogen and oxygen atoms in total. The summed E-state index contributed by atoms with van der Waals surface area (Å²) in [4.78, 5) is 18.9. The highest BCUT2D eigenvalue weighted by Crippen LogP contribution is 2.39. The SMILES string of the molecule is CCCCc1nc(C)c(C(=O)Nc2cc3c(cc2SC)OCCO3)s1. The molecule has 1 aromatic heterocycles. The number of fused-ring (bicyclic) bond motifs is 1. The fraction of sp³-hybridized carbons (Fsp3) is 0.444. The van der Waals surface area contributed by atoms with Crippen LogP contribution in [0, 0.1) is 6.92 Å². The Hall–Kier alpha value is -1.73. The first kappa shape index (κ1) is 18.1. The molecule has 0 spiro atoms. The Kier molecular flexibility index (Phi) is 5.86. The summed E-state index contributed by atoms with van der Waals surface area (Å²) < 4.78 is 11.2. The normalized spacial score (nSPS) is 12.9. The molecule has 0 unspecified atom stereocenters. The van der Waals surface area contributed by atoms with Crippen LogP contribution in [0.5, 0.6) is 11.5 Å².